The molecule has 1 saturated heterocycles. The van der Waals surface area contributed by atoms with Crippen molar-refractivity contribution < 1.29 is 23.0 Å². The number of allylic oxidation sites excluding steroid dienone is 1. The van der Waals surface area contributed by atoms with E-state index in [0.29, 0.717) is 24.4 Å². The number of anilines is 1. The summed E-state index contributed by atoms with van der Waals surface area (Å²) in [6, 6.07) is 18.7. The van der Waals surface area contributed by atoms with Crippen molar-refractivity contribution in [2.24, 2.45) is 5.92 Å². The minimum Gasteiger partial charge on any atom is -0.497 e. The van der Waals surface area contributed by atoms with Gasteiger partial charge in [0.25, 0.3) is 0 Å². The Morgan fingerprint density at radius 2 is 1.53 bits per heavy atom. The van der Waals surface area contributed by atoms with Crippen LogP contribution in [0.3, 0.4) is 0 Å². The van der Waals surface area contributed by atoms with Gasteiger partial charge in [-0.25, -0.2) is 8.78 Å². The van der Waals surface area contributed by atoms with Crippen LogP contribution >= 0.6 is 0 Å². The number of nitrogens with zero attached hydrogens (tertiary/aromatic N) is 1. The summed E-state index contributed by atoms with van der Waals surface area (Å²) in [5.74, 6) is -0.0785. The Hall–Kier alpha value is -3.22. The minimum atomic E-state index is -0.541. The number of methoxy groups -OCH3 is 3. The second-order valence-corrected chi connectivity index (χ2v) is 10.0. The van der Waals surface area contributed by atoms with Gasteiger partial charge in [0.1, 0.15) is 17.4 Å². The van der Waals surface area contributed by atoms with E-state index in [9.17, 15) is 0 Å². The highest BCUT2D eigenvalue weighted by molar-refractivity contribution is 6.00. The van der Waals surface area contributed by atoms with Gasteiger partial charge in [0.15, 0.2) is 6.29 Å². The van der Waals surface area contributed by atoms with E-state index in [1.807, 2.05) is 53.4 Å². The second kappa shape index (κ2) is 11.7. The number of ether oxygens (including phenoxy) is 3. The molecule has 38 heavy (non-hydrogen) atoms. The lowest BCUT2D eigenvalue weighted by Gasteiger charge is -2.36. The smallest absolute Gasteiger partial charge is 0.159 e. The summed E-state index contributed by atoms with van der Waals surface area (Å²) in [6.07, 6.45) is 3.82. The molecule has 0 spiro atoms. The molecule has 3 aromatic rings. The van der Waals surface area contributed by atoms with Crippen LogP contribution in [0.15, 0.2) is 60.7 Å². The zero-order chi connectivity index (χ0) is 26.6. The first-order valence-corrected chi connectivity index (χ1v) is 13.3. The van der Waals surface area contributed by atoms with Crippen molar-refractivity contribution in [3.05, 3.63) is 94.6 Å². The van der Waals surface area contributed by atoms with E-state index in [4.69, 9.17) is 14.2 Å². The van der Waals surface area contributed by atoms with Crippen molar-refractivity contribution in [3.8, 4) is 5.75 Å². The van der Waals surface area contributed by atoms with Crippen molar-refractivity contribution >= 4 is 16.8 Å². The molecule has 2 aliphatic rings. The summed E-state index contributed by atoms with van der Waals surface area (Å²) in [6.45, 7) is 1.37. The molecule has 6 heteroatoms. The maximum absolute atomic E-state index is 16.1. The number of benzene rings is 3. The number of aryl methyl sites for hydroxylation is 1. The van der Waals surface area contributed by atoms with E-state index >= 15 is 8.78 Å². The van der Waals surface area contributed by atoms with Gasteiger partial charge in [0.2, 0.25) is 0 Å². The number of rotatable bonds is 7. The molecular weight excluding hydrogens is 484 g/mol. The van der Waals surface area contributed by atoms with E-state index in [1.165, 1.54) is 12.1 Å². The second-order valence-electron chi connectivity index (χ2n) is 10.0. The van der Waals surface area contributed by atoms with Gasteiger partial charge in [-0.05, 0) is 84.2 Å². The van der Waals surface area contributed by atoms with Crippen LogP contribution in [0.4, 0.5) is 14.5 Å². The Morgan fingerprint density at radius 3 is 2.16 bits per heavy atom. The fourth-order valence-corrected chi connectivity index (χ4v) is 6.00. The number of hydrogen-bond acceptors (Lipinski definition) is 4. The fraction of sp³-hybridized carbons (Fsp3) is 0.375. The SMILES string of the molecule is COc1ccc2c(c1)CCCC(c1ccccc1)=C2c1c(F)cc(N2CCC(C(OC)OC)CC2)cc1F. The Morgan fingerprint density at radius 1 is 0.842 bits per heavy atom. The lowest BCUT2D eigenvalue weighted by molar-refractivity contribution is -0.141. The molecule has 0 bridgehead atoms. The summed E-state index contributed by atoms with van der Waals surface area (Å²) in [7, 11) is 4.92. The first-order chi connectivity index (χ1) is 18.5. The molecule has 0 saturated carbocycles. The molecule has 200 valence electrons. The highest BCUT2D eigenvalue weighted by Crippen LogP contribution is 2.43. The quantitative estimate of drug-likeness (QED) is 0.312. The molecule has 0 aromatic heterocycles. The molecule has 0 N–H and O–H groups in total. The normalized spacial score (nSPS) is 16.5. The fourth-order valence-electron chi connectivity index (χ4n) is 6.00. The minimum absolute atomic E-state index is 0.0367. The third-order valence-corrected chi connectivity index (χ3v) is 7.91. The summed E-state index contributed by atoms with van der Waals surface area (Å²) in [5, 5.41) is 0. The molecule has 0 radical (unpaired) electrons. The first kappa shape index (κ1) is 26.4. The molecule has 0 amide bonds. The van der Waals surface area contributed by atoms with Crippen LogP contribution in [0, 0.1) is 17.6 Å². The van der Waals surface area contributed by atoms with Crippen molar-refractivity contribution in [1.82, 2.24) is 0 Å². The highest BCUT2D eigenvalue weighted by Gasteiger charge is 2.29. The largest absolute Gasteiger partial charge is 0.497 e. The maximum atomic E-state index is 16.1. The van der Waals surface area contributed by atoms with Crippen LogP contribution in [0.5, 0.6) is 5.75 Å². The van der Waals surface area contributed by atoms with Gasteiger partial charge in [-0.3, -0.25) is 0 Å². The lowest BCUT2D eigenvalue weighted by Crippen LogP contribution is -2.39. The van der Waals surface area contributed by atoms with E-state index in [-0.39, 0.29) is 17.8 Å². The van der Waals surface area contributed by atoms with E-state index in [2.05, 4.69) is 0 Å². The molecule has 0 atom stereocenters. The van der Waals surface area contributed by atoms with Gasteiger partial charge in [-0.1, -0.05) is 36.4 Å². The summed E-state index contributed by atoms with van der Waals surface area (Å²) >= 11 is 0. The van der Waals surface area contributed by atoms with Crippen LogP contribution in [-0.2, 0) is 15.9 Å². The molecule has 1 heterocycles. The zero-order valence-electron chi connectivity index (χ0n) is 22.3. The Bertz CT molecular complexity index is 1270. The van der Waals surface area contributed by atoms with Gasteiger partial charge in [-0.2, -0.15) is 0 Å². The zero-order valence-corrected chi connectivity index (χ0v) is 22.3. The highest BCUT2D eigenvalue weighted by atomic mass is 19.1. The molecule has 3 aromatic carbocycles. The van der Waals surface area contributed by atoms with E-state index in [1.54, 1.807) is 21.3 Å². The molecule has 1 fully saturated rings. The number of halogens is 2. The molecule has 0 unspecified atom stereocenters. The average molecular weight is 520 g/mol. The predicted molar refractivity (Wildman–Crippen MR) is 147 cm³/mol. The first-order valence-electron chi connectivity index (χ1n) is 13.3. The Balaban J connectivity index is 1.57. The van der Waals surface area contributed by atoms with Gasteiger partial charge < -0.3 is 19.1 Å². The topological polar surface area (TPSA) is 30.9 Å². The van der Waals surface area contributed by atoms with Crippen molar-refractivity contribution in [2.75, 3.05) is 39.3 Å². The Kier molecular flexibility index (Phi) is 8.10. The predicted octanol–water partition coefficient (Wildman–Crippen LogP) is 7.10. The van der Waals surface area contributed by atoms with Crippen LogP contribution in [0.25, 0.3) is 11.1 Å². The molecule has 1 aliphatic carbocycles. The van der Waals surface area contributed by atoms with Crippen LogP contribution in [0.1, 0.15) is 47.9 Å². The molecule has 5 rings (SSSR count). The Labute approximate surface area is 223 Å². The van der Waals surface area contributed by atoms with Gasteiger partial charge in [-0.15, -0.1) is 0 Å². The summed E-state index contributed by atoms with van der Waals surface area (Å²) in [5.41, 5.74) is 5.09. The molecule has 4 nitrogen and oxygen atoms in total. The van der Waals surface area contributed by atoms with Crippen molar-refractivity contribution in [3.63, 3.8) is 0 Å². The third-order valence-electron chi connectivity index (χ3n) is 7.91. The summed E-state index contributed by atoms with van der Waals surface area (Å²) in [4.78, 5) is 2.05. The van der Waals surface area contributed by atoms with Crippen molar-refractivity contribution in [1.29, 1.82) is 0 Å². The molecule has 1 aliphatic heterocycles. The van der Waals surface area contributed by atoms with Gasteiger partial charge >= 0.3 is 0 Å². The van der Waals surface area contributed by atoms with Gasteiger partial charge in [0.05, 0.1) is 12.7 Å². The number of hydrogen-bond donors (Lipinski definition) is 0. The van der Waals surface area contributed by atoms with Crippen LogP contribution < -0.4 is 9.64 Å². The van der Waals surface area contributed by atoms with Crippen LogP contribution in [-0.4, -0.2) is 40.7 Å². The lowest BCUT2D eigenvalue weighted by atomic mass is 9.87. The standard InChI is InChI=1S/C32H35F2NO3/c1-36-25-12-13-27-23(18-25)10-7-11-26(21-8-5-4-6-9-21)30(27)31-28(33)19-24(20-29(31)34)35-16-14-22(15-17-35)32(37-2)38-3/h4-6,8-9,12-13,18-20,22,32H,7,10-11,14-17H2,1-3H3. The van der Waals surface area contributed by atoms with E-state index in [0.717, 1.165) is 60.1 Å². The van der Waals surface area contributed by atoms with E-state index < -0.39 is 11.6 Å². The monoisotopic (exact) mass is 519 g/mol. The third kappa shape index (κ3) is 5.20. The number of fused-ring (bicyclic) bond motifs is 1. The van der Waals surface area contributed by atoms with Gasteiger partial charge in [0, 0.05) is 38.9 Å². The summed E-state index contributed by atoms with van der Waals surface area (Å²) < 4.78 is 48.4. The van der Waals surface area contributed by atoms with Crippen molar-refractivity contribution in [2.45, 2.75) is 38.4 Å². The molecular formula is C32H35F2NO3. The maximum Gasteiger partial charge on any atom is 0.159 e. The average Bonchev–Trinajstić information content (AvgIpc) is 3.13. The number of piperidine rings is 1. The van der Waals surface area contributed by atoms with Crippen LogP contribution in [0.2, 0.25) is 0 Å².